The lowest BCUT2D eigenvalue weighted by Gasteiger charge is -2.10. The molecule has 2 heterocycles. The number of nitrogens with zero attached hydrogens (tertiary/aromatic N) is 3. The monoisotopic (exact) mass is 320 g/mol. The van der Waals surface area contributed by atoms with Crippen molar-refractivity contribution in [3.63, 3.8) is 0 Å². The van der Waals surface area contributed by atoms with Crippen molar-refractivity contribution in [3.8, 4) is 5.69 Å². The number of rotatable bonds is 2. The van der Waals surface area contributed by atoms with E-state index in [2.05, 4.69) is 15.6 Å². The summed E-state index contributed by atoms with van der Waals surface area (Å²) in [6.07, 6.45) is -0.811. The molecule has 0 fully saturated rings. The third-order valence-electron chi connectivity index (χ3n) is 4.15. The number of aliphatic hydroxyl groups is 1. The summed E-state index contributed by atoms with van der Waals surface area (Å²) in [6, 6.07) is 15.0. The van der Waals surface area contributed by atoms with Gasteiger partial charge in [-0.05, 0) is 30.2 Å². The minimum absolute atomic E-state index is 0.111. The number of aromatic nitrogens is 3. The van der Waals surface area contributed by atoms with E-state index in [1.807, 2.05) is 55.5 Å². The Morgan fingerprint density at radius 3 is 2.79 bits per heavy atom. The molecule has 1 atom stereocenters. The number of hydrogen-bond acceptors (Lipinski definition) is 4. The van der Waals surface area contributed by atoms with Gasteiger partial charge in [-0.15, -0.1) is 5.10 Å². The summed E-state index contributed by atoms with van der Waals surface area (Å²) in [4.78, 5) is 12.2. The van der Waals surface area contributed by atoms with Crippen LogP contribution in [0, 0.1) is 6.92 Å². The maximum atomic E-state index is 12.2. The molecule has 0 aliphatic carbocycles. The topological polar surface area (TPSA) is 80.0 Å². The van der Waals surface area contributed by atoms with Gasteiger partial charge in [-0.1, -0.05) is 41.6 Å². The van der Waals surface area contributed by atoms with Gasteiger partial charge in [0.15, 0.2) is 0 Å². The summed E-state index contributed by atoms with van der Waals surface area (Å²) in [5.74, 6) is -0.150. The quantitative estimate of drug-likeness (QED) is 0.758. The minimum atomic E-state index is -0.922. The third kappa shape index (κ3) is 2.37. The number of carbonyl (C=O) groups is 1. The standard InChI is InChI=1S/C18H16N4O2/c1-11-7-8-13-14(9-11)22-15(10-16(23)19-13)17(20-21-22)18(24)12-5-3-2-4-6-12/h2-9,18,24H,10H2,1H3,(H,19,23). The van der Waals surface area contributed by atoms with Crippen molar-refractivity contribution >= 4 is 11.6 Å². The summed E-state index contributed by atoms with van der Waals surface area (Å²) in [6.45, 7) is 1.98. The van der Waals surface area contributed by atoms with E-state index < -0.39 is 6.10 Å². The summed E-state index contributed by atoms with van der Waals surface area (Å²) in [7, 11) is 0. The second-order valence-electron chi connectivity index (χ2n) is 5.89. The van der Waals surface area contributed by atoms with Crippen LogP contribution in [0.5, 0.6) is 0 Å². The molecule has 6 heteroatoms. The molecule has 4 rings (SSSR count). The molecular weight excluding hydrogens is 304 g/mol. The molecular formula is C18H16N4O2. The van der Waals surface area contributed by atoms with Crippen LogP contribution in [0.2, 0.25) is 0 Å². The first-order chi connectivity index (χ1) is 11.6. The number of benzene rings is 2. The lowest BCUT2D eigenvalue weighted by Crippen LogP contribution is -2.14. The highest BCUT2D eigenvalue weighted by Crippen LogP contribution is 2.30. The first kappa shape index (κ1) is 14.6. The Hall–Kier alpha value is -2.99. The number of fused-ring (bicyclic) bond motifs is 3. The Balaban J connectivity index is 1.87. The molecule has 3 aromatic rings. The number of amides is 1. The largest absolute Gasteiger partial charge is 0.382 e. The fourth-order valence-electron chi connectivity index (χ4n) is 2.95. The Morgan fingerprint density at radius 2 is 2.00 bits per heavy atom. The second kappa shape index (κ2) is 5.58. The summed E-state index contributed by atoms with van der Waals surface area (Å²) in [5.41, 5.74) is 4.23. The highest BCUT2D eigenvalue weighted by atomic mass is 16.3. The van der Waals surface area contributed by atoms with Crippen molar-refractivity contribution in [1.29, 1.82) is 0 Å². The highest BCUT2D eigenvalue weighted by molar-refractivity contribution is 5.95. The summed E-state index contributed by atoms with van der Waals surface area (Å²) < 4.78 is 1.64. The molecule has 0 saturated heterocycles. The number of nitrogens with one attached hydrogen (secondary N) is 1. The lowest BCUT2D eigenvalue weighted by molar-refractivity contribution is -0.115. The predicted molar refractivity (Wildman–Crippen MR) is 88.9 cm³/mol. The zero-order chi connectivity index (χ0) is 16.7. The molecule has 0 bridgehead atoms. The maximum Gasteiger partial charge on any atom is 0.230 e. The summed E-state index contributed by atoms with van der Waals surface area (Å²) >= 11 is 0. The maximum absolute atomic E-state index is 12.2. The number of anilines is 1. The Morgan fingerprint density at radius 1 is 1.21 bits per heavy atom. The van der Waals surface area contributed by atoms with E-state index in [4.69, 9.17) is 0 Å². The van der Waals surface area contributed by atoms with Crippen molar-refractivity contribution < 1.29 is 9.90 Å². The van der Waals surface area contributed by atoms with E-state index in [1.54, 1.807) is 4.68 Å². The average Bonchev–Trinajstić information content (AvgIpc) is 2.94. The van der Waals surface area contributed by atoms with Crippen LogP contribution in [0.25, 0.3) is 5.69 Å². The first-order valence-corrected chi connectivity index (χ1v) is 7.72. The van der Waals surface area contributed by atoms with Crippen LogP contribution in [0.4, 0.5) is 5.69 Å². The molecule has 2 aromatic carbocycles. The molecule has 2 N–H and O–H groups in total. The van der Waals surface area contributed by atoms with Crippen LogP contribution >= 0.6 is 0 Å². The molecule has 1 aliphatic rings. The molecule has 1 unspecified atom stereocenters. The van der Waals surface area contributed by atoms with Gasteiger partial charge in [0.05, 0.1) is 23.5 Å². The van der Waals surface area contributed by atoms with Gasteiger partial charge in [-0.3, -0.25) is 4.79 Å². The fraction of sp³-hybridized carbons (Fsp3) is 0.167. The Kier molecular flexibility index (Phi) is 3.39. The van der Waals surface area contributed by atoms with Crippen molar-refractivity contribution in [1.82, 2.24) is 15.0 Å². The number of hydrogen-bond donors (Lipinski definition) is 2. The fourth-order valence-corrected chi connectivity index (χ4v) is 2.95. The Labute approximate surface area is 138 Å². The normalized spacial score (nSPS) is 14.3. The molecule has 1 amide bonds. The number of aliphatic hydroxyl groups excluding tert-OH is 1. The molecule has 0 saturated carbocycles. The van der Waals surface area contributed by atoms with Gasteiger partial charge in [0, 0.05) is 0 Å². The first-order valence-electron chi connectivity index (χ1n) is 7.72. The molecule has 6 nitrogen and oxygen atoms in total. The third-order valence-corrected chi connectivity index (χ3v) is 4.15. The smallest absolute Gasteiger partial charge is 0.230 e. The Bertz CT molecular complexity index is 918. The van der Waals surface area contributed by atoms with E-state index in [1.165, 1.54) is 0 Å². The van der Waals surface area contributed by atoms with Crippen LogP contribution in [-0.2, 0) is 11.2 Å². The lowest BCUT2D eigenvalue weighted by atomic mass is 10.0. The van der Waals surface area contributed by atoms with Crippen LogP contribution < -0.4 is 5.32 Å². The van der Waals surface area contributed by atoms with Crippen LogP contribution in [0.1, 0.15) is 28.6 Å². The van der Waals surface area contributed by atoms with Crippen molar-refractivity contribution in [2.75, 3.05) is 5.32 Å². The van der Waals surface area contributed by atoms with E-state index in [0.29, 0.717) is 17.1 Å². The van der Waals surface area contributed by atoms with E-state index in [-0.39, 0.29) is 12.3 Å². The molecule has 120 valence electrons. The predicted octanol–water partition coefficient (Wildman–Crippen LogP) is 2.15. The van der Waals surface area contributed by atoms with Gasteiger partial charge in [0.2, 0.25) is 5.91 Å². The summed E-state index contributed by atoms with van der Waals surface area (Å²) in [5, 5.41) is 21.9. The molecule has 1 aliphatic heterocycles. The molecule has 24 heavy (non-hydrogen) atoms. The molecule has 1 aromatic heterocycles. The number of carbonyl (C=O) groups excluding carboxylic acids is 1. The van der Waals surface area contributed by atoms with Gasteiger partial charge < -0.3 is 10.4 Å². The minimum Gasteiger partial charge on any atom is -0.382 e. The van der Waals surface area contributed by atoms with E-state index in [0.717, 1.165) is 16.8 Å². The van der Waals surface area contributed by atoms with Gasteiger partial charge in [-0.2, -0.15) is 0 Å². The van der Waals surface area contributed by atoms with E-state index >= 15 is 0 Å². The SMILES string of the molecule is Cc1ccc2c(c1)-n1nnc(C(O)c3ccccc3)c1CC(=O)N2. The number of aryl methyl sites for hydroxylation is 1. The average molecular weight is 320 g/mol. The van der Waals surface area contributed by atoms with Crippen LogP contribution in [-0.4, -0.2) is 26.0 Å². The van der Waals surface area contributed by atoms with Crippen molar-refractivity contribution in [2.24, 2.45) is 0 Å². The van der Waals surface area contributed by atoms with Crippen LogP contribution in [0.3, 0.4) is 0 Å². The van der Waals surface area contributed by atoms with Crippen molar-refractivity contribution in [3.05, 3.63) is 71.0 Å². The van der Waals surface area contributed by atoms with Crippen molar-refractivity contribution in [2.45, 2.75) is 19.4 Å². The molecule has 0 spiro atoms. The highest BCUT2D eigenvalue weighted by Gasteiger charge is 2.27. The van der Waals surface area contributed by atoms with Gasteiger partial charge in [-0.25, -0.2) is 4.68 Å². The molecule has 0 radical (unpaired) electrons. The van der Waals surface area contributed by atoms with Gasteiger partial charge >= 0.3 is 0 Å². The van der Waals surface area contributed by atoms with Crippen LogP contribution in [0.15, 0.2) is 48.5 Å². The zero-order valence-corrected chi connectivity index (χ0v) is 13.1. The van der Waals surface area contributed by atoms with E-state index in [9.17, 15) is 9.90 Å². The zero-order valence-electron chi connectivity index (χ0n) is 13.1. The second-order valence-corrected chi connectivity index (χ2v) is 5.89. The van der Waals surface area contributed by atoms with Gasteiger partial charge in [0.25, 0.3) is 0 Å². The van der Waals surface area contributed by atoms with Gasteiger partial charge in [0.1, 0.15) is 11.8 Å².